The van der Waals surface area contributed by atoms with Gasteiger partial charge in [-0.15, -0.1) is 24.2 Å². The fourth-order valence-corrected chi connectivity index (χ4v) is 3.77. The average Bonchev–Trinajstić information content (AvgIpc) is 2.60. The minimum Gasteiger partial charge on any atom is -0.355 e. The standard InChI is InChI=1S/C18H20Cl2N2OS.ClH/c19-14-8-9-15(20)16(12-14)24-17(13-6-2-1-3-7-13)18(23)22-11-5-4-10-21;/h1-3,6-9,12,17H,4-5,10-11,21H2,(H,22,23);1H. The number of nitrogens with two attached hydrogens (primary N) is 1. The molecule has 1 unspecified atom stereocenters. The van der Waals surface area contributed by atoms with Crippen LogP contribution in [0.3, 0.4) is 0 Å². The summed E-state index contributed by atoms with van der Waals surface area (Å²) < 4.78 is 0. The molecule has 7 heteroatoms. The van der Waals surface area contributed by atoms with Gasteiger partial charge in [-0.3, -0.25) is 4.79 Å². The maximum absolute atomic E-state index is 12.7. The number of thioether (sulfide) groups is 1. The van der Waals surface area contributed by atoms with E-state index in [0.717, 1.165) is 23.3 Å². The zero-order chi connectivity index (χ0) is 17.4. The lowest BCUT2D eigenvalue weighted by molar-refractivity contribution is -0.120. The van der Waals surface area contributed by atoms with Crippen LogP contribution in [-0.4, -0.2) is 19.0 Å². The number of unbranched alkanes of at least 4 members (excludes halogenated alkanes) is 1. The number of carbonyl (C=O) groups is 1. The van der Waals surface area contributed by atoms with Crippen LogP contribution >= 0.6 is 47.4 Å². The van der Waals surface area contributed by atoms with E-state index >= 15 is 0 Å². The van der Waals surface area contributed by atoms with E-state index in [9.17, 15) is 4.79 Å². The topological polar surface area (TPSA) is 55.1 Å². The van der Waals surface area contributed by atoms with E-state index in [1.807, 2.05) is 30.3 Å². The first-order valence-electron chi connectivity index (χ1n) is 7.76. The second kappa shape index (κ2) is 11.7. The average molecular weight is 420 g/mol. The Morgan fingerprint density at radius 3 is 2.52 bits per heavy atom. The number of amides is 1. The first-order chi connectivity index (χ1) is 11.6. The molecule has 0 spiro atoms. The molecule has 2 rings (SSSR count). The van der Waals surface area contributed by atoms with Crippen molar-refractivity contribution in [3.8, 4) is 0 Å². The molecule has 25 heavy (non-hydrogen) atoms. The number of rotatable bonds is 8. The lowest BCUT2D eigenvalue weighted by atomic mass is 10.1. The molecule has 0 saturated heterocycles. The highest BCUT2D eigenvalue weighted by molar-refractivity contribution is 8.00. The van der Waals surface area contributed by atoms with Crippen molar-refractivity contribution in [3.05, 3.63) is 64.1 Å². The predicted molar refractivity (Wildman–Crippen MR) is 110 cm³/mol. The van der Waals surface area contributed by atoms with Crippen molar-refractivity contribution < 1.29 is 4.79 Å². The van der Waals surface area contributed by atoms with Crippen LogP contribution in [0.5, 0.6) is 0 Å². The molecule has 0 heterocycles. The molecule has 2 aromatic carbocycles. The molecule has 3 N–H and O–H groups in total. The molecule has 0 fully saturated rings. The van der Waals surface area contributed by atoms with Crippen LogP contribution in [0, 0.1) is 0 Å². The van der Waals surface area contributed by atoms with Gasteiger partial charge in [0, 0.05) is 16.5 Å². The highest BCUT2D eigenvalue weighted by atomic mass is 35.5. The summed E-state index contributed by atoms with van der Waals surface area (Å²) in [4.78, 5) is 13.5. The monoisotopic (exact) mass is 418 g/mol. The molecule has 2 aromatic rings. The van der Waals surface area contributed by atoms with E-state index in [-0.39, 0.29) is 23.6 Å². The SMILES string of the molecule is Cl.NCCCCNC(=O)C(Sc1cc(Cl)ccc1Cl)c1ccccc1. The Balaban J connectivity index is 0.00000312. The van der Waals surface area contributed by atoms with Gasteiger partial charge in [-0.2, -0.15) is 0 Å². The van der Waals surface area contributed by atoms with Crippen molar-refractivity contribution in [1.82, 2.24) is 5.32 Å². The van der Waals surface area contributed by atoms with Gasteiger partial charge in [0.1, 0.15) is 5.25 Å². The highest BCUT2D eigenvalue weighted by Crippen LogP contribution is 2.40. The van der Waals surface area contributed by atoms with Crippen molar-refractivity contribution in [2.45, 2.75) is 23.0 Å². The third-order valence-corrected chi connectivity index (χ3v) is 5.40. The lowest BCUT2D eigenvalue weighted by Gasteiger charge is -2.18. The zero-order valence-electron chi connectivity index (χ0n) is 13.6. The van der Waals surface area contributed by atoms with Gasteiger partial charge in [0.05, 0.1) is 5.02 Å². The Kier molecular flexibility index (Phi) is 10.3. The van der Waals surface area contributed by atoms with E-state index in [1.165, 1.54) is 11.8 Å². The molecule has 0 bridgehead atoms. The summed E-state index contributed by atoms with van der Waals surface area (Å²) >= 11 is 13.7. The van der Waals surface area contributed by atoms with Crippen molar-refractivity contribution in [2.24, 2.45) is 5.73 Å². The molecule has 0 saturated carbocycles. The lowest BCUT2D eigenvalue weighted by Crippen LogP contribution is -2.29. The highest BCUT2D eigenvalue weighted by Gasteiger charge is 2.22. The third kappa shape index (κ3) is 7.08. The summed E-state index contributed by atoms with van der Waals surface area (Å²) in [6, 6.07) is 14.9. The number of halogens is 3. The minimum absolute atomic E-state index is 0. The number of hydrogen-bond donors (Lipinski definition) is 2. The summed E-state index contributed by atoms with van der Waals surface area (Å²) in [5, 5.41) is 3.77. The largest absolute Gasteiger partial charge is 0.355 e. The number of nitrogens with one attached hydrogen (secondary N) is 1. The zero-order valence-corrected chi connectivity index (χ0v) is 16.7. The van der Waals surface area contributed by atoms with Crippen LogP contribution in [0.1, 0.15) is 23.7 Å². The van der Waals surface area contributed by atoms with Crippen LogP contribution in [0.25, 0.3) is 0 Å². The van der Waals surface area contributed by atoms with E-state index in [4.69, 9.17) is 28.9 Å². The second-order valence-corrected chi connectivity index (χ2v) is 7.26. The number of carbonyl (C=O) groups excluding carboxylic acids is 1. The quantitative estimate of drug-likeness (QED) is 0.462. The van der Waals surface area contributed by atoms with Gasteiger partial charge in [0.15, 0.2) is 0 Å². The first kappa shape index (κ1) is 22.1. The number of benzene rings is 2. The van der Waals surface area contributed by atoms with Gasteiger partial charge in [-0.25, -0.2) is 0 Å². The van der Waals surface area contributed by atoms with Crippen molar-refractivity contribution in [1.29, 1.82) is 0 Å². The molecular weight excluding hydrogens is 399 g/mol. The summed E-state index contributed by atoms with van der Waals surface area (Å²) in [7, 11) is 0. The van der Waals surface area contributed by atoms with Crippen LogP contribution in [0.2, 0.25) is 10.0 Å². The van der Waals surface area contributed by atoms with Gasteiger partial charge in [-0.05, 0) is 43.1 Å². The van der Waals surface area contributed by atoms with Crippen LogP contribution in [-0.2, 0) is 4.79 Å². The van der Waals surface area contributed by atoms with Gasteiger partial charge in [0.25, 0.3) is 0 Å². The second-order valence-electron chi connectivity index (χ2n) is 5.27. The van der Waals surface area contributed by atoms with E-state index in [2.05, 4.69) is 5.32 Å². The Hall–Kier alpha value is -0.910. The Bertz CT molecular complexity index is 671. The van der Waals surface area contributed by atoms with Gasteiger partial charge >= 0.3 is 0 Å². The maximum Gasteiger partial charge on any atom is 0.237 e. The predicted octanol–water partition coefficient (Wildman–Crippen LogP) is 5.10. The van der Waals surface area contributed by atoms with Crippen molar-refractivity contribution >= 4 is 53.3 Å². The fraction of sp³-hybridized carbons (Fsp3) is 0.278. The van der Waals surface area contributed by atoms with Crippen molar-refractivity contribution in [2.75, 3.05) is 13.1 Å². The Labute approximate surface area is 169 Å². The molecule has 0 aliphatic carbocycles. The maximum atomic E-state index is 12.7. The van der Waals surface area contributed by atoms with E-state index in [1.54, 1.807) is 18.2 Å². The summed E-state index contributed by atoms with van der Waals surface area (Å²) in [5.74, 6) is -0.0423. The van der Waals surface area contributed by atoms with E-state index in [0.29, 0.717) is 23.1 Å². The van der Waals surface area contributed by atoms with Crippen molar-refractivity contribution in [3.63, 3.8) is 0 Å². The molecule has 136 valence electrons. The number of hydrogen-bond acceptors (Lipinski definition) is 3. The minimum atomic E-state index is -0.389. The smallest absolute Gasteiger partial charge is 0.237 e. The van der Waals surface area contributed by atoms with Gasteiger partial charge < -0.3 is 11.1 Å². The van der Waals surface area contributed by atoms with Crippen LogP contribution in [0.4, 0.5) is 0 Å². The molecule has 1 atom stereocenters. The summed E-state index contributed by atoms with van der Waals surface area (Å²) in [5.41, 5.74) is 6.41. The Morgan fingerprint density at radius 1 is 1.12 bits per heavy atom. The van der Waals surface area contributed by atoms with Gasteiger partial charge in [0.2, 0.25) is 5.91 Å². The molecule has 0 aromatic heterocycles. The molecule has 0 aliphatic heterocycles. The van der Waals surface area contributed by atoms with Gasteiger partial charge in [-0.1, -0.05) is 53.5 Å². The Morgan fingerprint density at radius 2 is 1.84 bits per heavy atom. The first-order valence-corrected chi connectivity index (χ1v) is 9.40. The van der Waals surface area contributed by atoms with Crippen LogP contribution in [0.15, 0.2) is 53.4 Å². The normalized spacial score (nSPS) is 11.5. The molecular formula is C18H21Cl3N2OS. The molecule has 0 aliphatic rings. The molecule has 0 radical (unpaired) electrons. The summed E-state index contributed by atoms with van der Waals surface area (Å²) in [6.07, 6.45) is 1.76. The third-order valence-electron chi connectivity index (χ3n) is 3.41. The van der Waals surface area contributed by atoms with E-state index < -0.39 is 0 Å². The molecule has 1 amide bonds. The molecule has 3 nitrogen and oxygen atoms in total. The van der Waals surface area contributed by atoms with Crippen LogP contribution < -0.4 is 11.1 Å². The summed E-state index contributed by atoms with van der Waals surface area (Å²) in [6.45, 7) is 1.24. The fourth-order valence-electron chi connectivity index (χ4n) is 2.17.